The summed E-state index contributed by atoms with van der Waals surface area (Å²) in [6.07, 6.45) is 1.37. The molecule has 1 amide bonds. The number of anilines is 1. The van der Waals surface area contributed by atoms with E-state index in [1.165, 1.54) is 35.0 Å². The third-order valence-corrected chi connectivity index (χ3v) is 4.79. The summed E-state index contributed by atoms with van der Waals surface area (Å²) in [5.74, 6) is 0.225. The SMILES string of the molecule is O=C(Nc1ccc2c(c1)OCCO2)c1ccc(=O)n(Cc2c(F)cccc2Cl)c1. The Bertz CT molecular complexity index is 1130. The lowest BCUT2D eigenvalue weighted by Crippen LogP contribution is -2.23. The van der Waals surface area contributed by atoms with E-state index in [-0.39, 0.29) is 28.3 Å². The summed E-state index contributed by atoms with van der Waals surface area (Å²) in [5.41, 5.74) is 0.571. The van der Waals surface area contributed by atoms with Gasteiger partial charge in [0.25, 0.3) is 11.5 Å². The molecule has 0 spiro atoms. The lowest BCUT2D eigenvalue weighted by molar-refractivity contribution is 0.102. The summed E-state index contributed by atoms with van der Waals surface area (Å²) >= 11 is 6.04. The van der Waals surface area contributed by atoms with Gasteiger partial charge in [0.1, 0.15) is 19.0 Å². The van der Waals surface area contributed by atoms with Gasteiger partial charge in [0.05, 0.1) is 12.1 Å². The van der Waals surface area contributed by atoms with E-state index in [4.69, 9.17) is 21.1 Å². The quantitative estimate of drug-likeness (QED) is 0.706. The highest BCUT2D eigenvalue weighted by Crippen LogP contribution is 2.32. The molecule has 6 nitrogen and oxygen atoms in total. The van der Waals surface area contributed by atoms with E-state index in [1.807, 2.05) is 0 Å². The number of pyridine rings is 1. The van der Waals surface area contributed by atoms with Crippen LogP contribution in [0.3, 0.4) is 0 Å². The fraction of sp³-hybridized carbons (Fsp3) is 0.143. The Labute approximate surface area is 170 Å². The normalized spacial score (nSPS) is 12.5. The minimum absolute atomic E-state index is 0.0878. The van der Waals surface area contributed by atoms with Gasteiger partial charge in [0, 0.05) is 34.6 Å². The highest BCUT2D eigenvalue weighted by atomic mass is 35.5. The molecule has 4 rings (SSSR count). The highest BCUT2D eigenvalue weighted by molar-refractivity contribution is 6.31. The Morgan fingerprint density at radius 2 is 1.90 bits per heavy atom. The van der Waals surface area contributed by atoms with Crippen molar-refractivity contribution in [2.75, 3.05) is 18.5 Å². The van der Waals surface area contributed by atoms with Crippen LogP contribution in [-0.4, -0.2) is 23.7 Å². The van der Waals surface area contributed by atoms with Gasteiger partial charge in [0.15, 0.2) is 11.5 Å². The number of nitrogens with zero attached hydrogens (tertiary/aromatic N) is 1. The largest absolute Gasteiger partial charge is 0.486 e. The first-order valence-electron chi connectivity index (χ1n) is 8.85. The van der Waals surface area contributed by atoms with Crippen molar-refractivity contribution in [2.45, 2.75) is 6.54 Å². The average Bonchev–Trinajstić information content (AvgIpc) is 2.72. The van der Waals surface area contributed by atoms with E-state index in [9.17, 15) is 14.0 Å². The molecule has 8 heteroatoms. The van der Waals surface area contributed by atoms with Gasteiger partial charge in [-0.05, 0) is 30.3 Å². The van der Waals surface area contributed by atoms with Crippen LogP contribution in [0.2, 0.25) is 5.02 Å². The fourth-order valence-corrected chi connectivity index (χ4v) is 3.19. The molecule has 0 saturated heterocycles. The number of hydrogen-bond acceptors (Lipinski definition) is 4. The van der Waals surface area contributed by atoms with Crippen LogP contribution < -0.4 is 20.3 Å². The summed E-state index contributed by atoms with van der Waals surface area (Å²) in [5, 5.41) is 2.96. The number of benzene rings is 2. The van der Waals surface area contributed by atoms with Crippen LogP contribution in [0.1, 0.15) is 15.9 Å². The van der Waals surface area contributed by atoms with E-state index in [1.54, 1.807) is 24.3 Å². The molecular weight excluding hydrogens is 399 g/mol. The summed E-state index contributed by atoms with van der Waals surface area (Å²) in [7, 11) is 0. The molecule has 0 saturated carbocycles. The van der Waals surface area contributed by atoms with Crippen molar-refractivity contribution >= 4 is 23.2 Å². The summed E-state index contributed by atoms with van der Waals surface area (Å²) in [4.78, 5) is 24.8. The minimum Gasteiger partial charge on any atom is -0.486 e. The van der Waals surface area contributed by atoms with Crippen LogP contribution >= 0.6 is 11.6 Å². The van der Waals surface area contributed by atoms with Gasteiger partial charge in [-0.15, -0.1) is 0 Å². The van der Waals surface area contributed by atoms with Crippen LogP contribution in [0.5, 0.6) is 11.5 Å². The molecule has 1 N–H and O–H groups in total. The number of halogens is 2. The van der Waals surface area contributed by atoms with Crippen LogP contribution in [0.25, 0.3) is 0 Å². The fourth-order valence-electron chi connectivity index (χ4n) is 2.97. The van der Waals surface area contributed by atoms with Crippen molar-refractivity contribution in [1.29, 1.82) is 0 Å². The van der Waals surface area contributed by atoms with Gasteiger partial charge >= 0.3 is 0 Å². The van der Waals surface area contributed by atoms with Crippen molar-refractivity contribution in [1.82, 2.24) is 4.57 Å². The number of hydrogen-bond donors (Lipinski definition) is 1. The maximum absolute atomic E-state index is 14.1. The smallest absolute Gasteiger partial charge is 0.257 e. The third kappa shape index (κ3) is 4.09. The number of amides is 1. The van der Waals surface area contributed by atoms with Crippen LogP contribution in [0.4, 0.5) is 10.1 Å². The summed E-state index contributed by atoms with van der Waals surface area (Å²) in [6.45, 7) is 0.829. The standard InChI is InChI=1S/C21H16ClFN2O4/c22-16-2-1-3-17(23)15(16)12-25-11-13(4-7-20(25)26)21(27)24-14-5-6-18-19(10-14)29-9-8-28-18/h1-7,10-11H,8-9,12H2,(H,24,27). The number of carbonyl (C=O) groups excluding carboxylic acids is 1. The predicted molar refractivity (Wildman–Crippen MR) is 107 cm³/mol. The Morgan fingerprint density at radius 1 is 1.10 bits per heavy atom. The second-order valence-corrected chi connectivity index (χ2v) is 6.80. The summed E-state index contributed by atoms with van der Waals surface area (Å²) < 4.78 is 26.3. The molecule has 1 aromatic heterocycles. The molecule has 1 aliphatic heterocycles. The van der Waals surface area contributed by atoms with Crippen LogP contribution in [0.15, 0.2) is 59.5 Å². The molecule has 1 aliphatic rings. The number of carbonyl (C=O) groups is 1. The van der Waals surface area contributed by atoms with Crippen molar-refractivity contribution < 1.29 is 18.7 Å². The first kappa shape index (κ1) is 19.0. The molecular formula is C21H16ClFN2O4. The van der Waals surface area contributed by atoms with Gasteiger partial charge in [-0.1, -0.05) is 17.7 Å². The molecule has 0 radical (unpaired) electrons. The van der Waals surface area contributed by atoms with E-state index in [0.717, 1.165) is 0 Å². The molecule has 148 valence electrons. The molecule has 3 aromatic rings. The van der Waals surface area contributed by atoms with E-state index < -0.39 is 11.7 Å². The van der Waals surface area contributed by atoms with E-state index in [2.05, 4.69) is 5.32 Å². The van der Waals surface area contributed by atoms with Crippen molar-refractivity contribution in [3.05, 3.63) is 87.0 Å². The highest BCUT2D eigenvalue weighted by Gasteiger charge is 2.15. The maximum atomic E-state index is 14.1. The zero-order valence-electron chi connectivity index (χ0n) is 15.2. The molecule has 29 heavy (non-hydrogen) atoms. The number of aromatic nitrogens is 1. The number of ether oxygens (including phenoxy) is 2. The van der Waals surface area contributed by atoms with E-state index in [0.29, 0.717) is 30.4 Å². The van der Waals surface area contributed by atoms with Crippen LogP contribution in [-0.2, 0) is 6.54 Å². The first-order valence-corrected chi connectivity index (χ1v) is 9.23. The zero-order valence-corrected chi connectivity index (χ0v) is 15.9. The Morgan fingerprint density at radius 3 is 2.69 bits per heavy atom. The monoisotopic (exact) mass is 414 g/mol. The maximum Gasteiger partial charge on any atom is 0.257 e. The van der Waals surface area contributed by atoms with Gasteiger partial charge in [-0.2, -0.15) is 0 Å². The summed E-state index contributed by atoms with van der Waals surface area (Å²) in [6, 6.07) is 12.0. The average molecular weight is 415 g/mol. The van der Waals surface area contributed by atoms with Crippen LogP contribution in [0, 0.1) is 5.82 Å². The molecule has 2 aromatic carbocycles. The van der Waals surface area contributed by atoms with Gasteiger partial charge in [-0.25, -0.2) is 4.39 Å². The molecule has 0 atom stereocenters. The Balaban J connectivity index is 1.57. The Kier molecular flexibility index (Phi) is 5.22. The molecule has 0 bridgehead atoms. The van der Waals surface area contributed by atoms with Gasteiger partial charge in [0.2, 0.25) is 0 Å². The molecule has 2 heterocycles. The van der Waals surface area contributed by atoms with Crippen molar-refractivity contribution in [3.63, 3.8) is 0 Å². The van der Waals surface area contributed by atoms with Gasteiger partial charge < -0.3 is 19.4 Å². The number of nitrogens with one attached hydrogen (secondary N) is 1. The second-order valence-electron chi connectivity index (χ2n) is 6.40. The molecule has 0 fully saturated rings. The number of fused-ring (bicyclic) bond motifs is 1. The molecule has 0 unspecified atom stereocenters. The topological polar surface area (TPSA) is 69.6 Å². The first-order chi connectivity index (χ1) is 14.0. The minimum atomic E-state index is -0.518. The lowest BCUT2D eigenvalue weighted by Gasteiger charge is -2.19. The van der Waals surface area contributed by atoms with Crippen molar-refractivity contribution in [2.24, 2.45) is 0 Å². The lowest BCUT2D eigenvalue weighted by atomic mass is 10.2. The predicted octanol–water partition coefficient (Wildman–Crippen LogP) is 3.71. The zero-order chi connectivity index (χ0) is 20.4. The number of rotatable bonds is 4. The van der Waals surface area contributed by atoms with Gasteiger partial charge in [-0.3, -0.25) is 9.59 Å². The van der Waals surface area contributed by atoms with Crippen molar-refractivity contribution in [3.8, 4) is 11.5 Å². The van der Waals surface area contributed by atoms with E-state index >= 15 is 0 Å². The molecule has 0 aliphatic carbocycles. The second kappa shape index (κ2) is 7.97. The Hall–Kier alpha value is -3.32. The third-order valence-electron chi connectivity index (χ3n) is 4.44.